The van der Waals surface area contributed by atoms with Crippen molar-refractivity contribution in [3.05, 3.63) is 32.7 Å². The summed E-state index contributed by atoms with van der Waals surface area (Å²) < 4.78 is 13.4. The molecule has 0 unspecified atom stereocenters. The Kier molecular flexibility index (Phi) is 3.73. The molecule has 0 bridgehead atoms. The van der Waals surface area contributed by atoms with Gasteiger partial charge in [0.05, 0.1) is 29.3 Å². The van der Waals surface area contributed by atoms with Crippen LogP contribution < -0.4 is 4.94 Å². The smallest absolute Gasteiger partial charge is 0.414 e. The third-order valence-electron chi connectivity index (χ3n) is 1.96. The van der Waals surface area contributed by atoms with E-state index < -0.39 is 10.9 Å². The molecule has 0 saturated carbocycles. The predicted molar refractivity (Wildman–Crippen MR) is 64.8 cm³/mol. The van der Waals surface area contributed by atoms with Crippen LogP contribution in [-0.2, 0) is 4.74 Å². The first kappa shape index (κ1) is 12.7. The van der Waals surface area contributed by atoms with Gasteiger partial charge in [0.2, 0.25) is 5.89 Å². The van der Waals surface area contributed by atoms with Crippen molar-refractivity contribution in [1.82, 2.24) is 9.36 Å². The number of esters is 1. The Morgan fingerprint density at radius 3 is 3.00 bits per heavy atom. The highest BCUT2D eigenvalue weighted by molar-refractivity contribution is 7.02. The van der Waals surface area contributed by atoms with Crippen molar-refractivity contribution in [2.45, 2.75) is 6.92 Å². The van der Waals surface area contributed by atoms with E-state index >= 15 is 0 Å². The highest BCUT2D eigenvalue weighted by atomic mass is 35.5. The quantitative estimate of drug-likeness (QED) is 0.634. The number of aromatic nitrogens is 2. The van der Waals surface area contributed by atoms with Crippen LogP contribution in [0.1, 0.15) is 17.3 Å². The fourth-order valence-electron chi connectivity index (χ4n) is 1.22. The van der Waals surface area contributed by atoms with Crippen LogP contribution in [0.15, 0.2) is 21.5 Å². The lowest BCUT2D eigenvalue weighted by atomic mass is 10.2. The summed E-state index contributed by atoms with van der Waals surface area (Å²) in [5.74, 6) is -0.492. The maximum Gasteiger partial charge on any atom is 0.414 e. The van der Waals surface area contributed by atoms with Gasteiger partial charge in [0.1, 0.15) is 5.15 Å². The molecule has 2 rings (SSSR count). The van der Waals surface area contributed by atoms with E-state index in [1.807, 2.05) is 0 Å². The molecule has 0 spiro atoms. The number of hydrogen-bond acceptors (Lipinski definition) is 7. The van der Waals surface area contributed by atoms with Crippen molar-refractivity contribution in [3.8, 4) is 11.5 Å². The number of carbonyl (C=O) groups excluding carboxylic acids is 1. The van der Waals surface area contributed by atoms with E-state index in [1.165, 1.54) is 12.3 Å². The monoisotopic (exact) mass is 286 g/mol. The third-order valence-corrected chi connectivity index (χ3v) is 2.75. The molecule has 0 amide bonds. The highest BCUT2D eigenvalue weighted by Crippen LogP contribution is 2.25. The Morgan fingerprint density at radius 1 is 1.61 bits per heavy atom. The van der Waals surface area contributed by atoms with Gasteiger partial charge in [-0.05, 0) is 13.0 Å². The standard InChI is InChI=1S/C10H7ClN2O4S/c1-2-16-9(14)5-3-6(7(11)12-4-5)8-13-18-10(15)17-8/h3-4H,2H2,1H3. The number of nitrogens with zero attached hydrogens (tertiary/aromatic N) is 2. The number of ether oxygens (including phenoxy) is 1. The molecule has 0 aliphatic carbocycles. The number of hydrogen-bond donors (Lipinski definition) is 0. The van der Waals surface area contributed by atoms with Crippen LogP contribution in [0, 0.1) is 0 Å². The first-order chi connectivity index (χ1) is 8.61. The molecule has 0 atom stereocenters. The van der Waals surface area contributed by atoms with Gasteiger partial charge < -0.3 is 9.15 Å². The molecular formula is C10H7ClN2O4S. The van der Waals surface area contributed by atoms with E-state index in [0.717, 1.165) is 0 Å². The number of halogens is 1. The number of rotatable bonds is 3. The van der Waals surface area contributed by atoms with Gasteiger partial charge >= 0.3 is 10.9 Å². The van der Waals surface area contributed by atoms with E-state index in [2.05, 4.69) is 9.36 Å². The maximum atomic E-state index is 11.5. The zero-order valence-electron chi connectivity index (χ0n) is 9.18. The lowest BCUT2D eigenvalue weighted by Crippen LogP contribution is -2.05. The second-order valence-electron chi connectivity index (χ2n) is 3.12. The summed E-state index contributed by atoms with van der Waals surface area (Å²) in [5, 5.41) is 0.0945. The SMILES string of the molecule is CCOC(=O)c1cnc(Cl)c(-c2nsc(=O)o2)c1. The lowest BCUT2D eigenvalue weighted by molar-refractivity contribution is 0.0526. The van der Waals surface area contributed by atoms with E-state index in [1.54, 1.807) is 6.92 Å². The van der Waals surface area contributed by atoms with Crippen molar-refractivity contribution in [3.63, 3.8) is 0 Å². The molecule has 0 aliphatic rings. The Morgan fingerprint density at radius 2 is 2.39 bits per heavy atom. The zero-order valence-corrected chi connectivity index (χ0v) is 10.7. The molecule has 0 aliphatic heterocycles. The topological polar surface area (TPSA) is 82.3 Å². The van der Waals surface area contributed by atoms with E-state index in [-0.39, 0.29) is 28.8 Å². The van der Waals surface area contributed by atoms with Gasteiger partial charge in [0, 0.05) is 6.20 Å². The summed E-state index contributed by atoms with van der Waals surface area (Å²) in [5.41, 5.74) is 0.493. The first-order valence-electron chi connectivity index (χ1n) is 4.91. The molecule has 0 radical (unpaired) electrons. The summed E-state index contributed by atoms with van der Waals surface area (Å²) in [7, 11) is 0. The number of pyridine rings is 1. The lowest BCUT2D eigenvalue weighted by Gasteiger charge is -2.03. The zero-order chi connectivity index (χ0) is 13.1. The van der Waals surface area contributed by atoms with Gasteiger partial charge in [-0.3, -0.25) is 0 Å². The summed E-state index contributed by atoms with van der Waals surface area (Å²) in [6.45, 7) is 1.95. The Labute approximate surface area is 110 Å². The maximum absolute atomic E-state index is 11.5. The molecule has 0 saturated heterocycles. The molecule has 2 aromatic rings. The molecule has 0 fully saturated rings. The van der Waals surface area contributed by atoms with Crippen LogP contribution in [0.3, 0.4) is 0 Å². The molecule has 2 aromatic heterocycles. The summed E-state index contributed by atoms with van der Waals surface area (Å²) in [6, 6.07) is 1.42. The van der Waals surface area contributed by atoms with E-state index in [9.17, 15) is 9.59 Å². The van der Waals surface area contributed by atoms with Gasteiger partial charge in [-0.1, -0.05) is 11.6 Å². The van der Waals surface area contributed by atoms with Crippen molar-refractivity contribution in [2.75, 3.05) is 6.61 Å². The summed E-state index contributed by atoms with van der Waals surface area (Å²) in [4.78, 5) is 25.7. The minimum absolute atomic E-state index is 0.0358. The van der Waals surface area contributed by atoms with E-state index in [4.69, 9.17) is 20.8 Å². The van der Waals surface area contributed by atoms with Gasteiger partial charge in [0.25, 0.3) is 0 Å². The predicted octanol–water partition coefficient (Wildman–Crippen LogP) is 1.99. The average Bonchev–Trinajstić information content (AvgIpc) is 2.76. The van der Waals surface area contributed by atoms with Crippen molar-refractivity contribution >= 4 is 29.1 Å². The third kappa shape index (κ3) is 2.57. The largest absolute Gasteiger partial charge is 0.462 e. The second kappa shape index (κ2) is 5.28. The minimum Gasteiger partial charge on any atom is -0.462 e. The van der Waals surface area contributed by atoms with Crippen LogP contribution in [0.5, 0.6) is 0 Å². The van der Waals surface area contributed by atoms with Gasteiger partial charge in [0.15, 0.2) is 0 Å². The minimum atomic E-state index is -0.553. The molecule has 6 nitrogen and oxygen atoms in total. The van der Waals surface area contributed by atoms with Crippen molar-refractivity contribution in [2.24, 2.45) is 0 Å². The molecule has 0 N–H and O–H groups in total. The average molecular weight is 287 g/mol. The van der Waals surface area contributed by atoms with Gasteiger partial charge in [-0.2, -0.15) is 0 Å². The second-order valence-corrected chi connectivity index (χ2v) is 4.18. The van der Waals surface area contributed by atoms with Crippen molar-refractivity contribution in [1.29, 1.82) is 0 Å². The normalized spacial score (nSPS) is 10.3. The first-order valence-corrected chi connectivity index (χ1v) is 6.06. The van der Waals surface area contributed by atoms with Gasteiger partial charge in [-0.15, -0.1) is 4.37 Å². The Hall–Kier alpha value is -1.73. The summed E-state index contributed by atoms with van der Waals surface area (Å²) >= 11 is 6.52. The van der Waals surface area contributed by atoms with Crippen LogP contribution in [0.2, 0.25) is 5.15 Å². The fraction of sp³-hybridized carbons (Fsp3) is 0.200. The fourth-order valence-corrected chi connectivity index (χ4v) is 1.82. The van der Waals surface area contributed by atoms with Crippen LogP contribution >= 0.6 is 23.1 Å². The van der Waals surface area contributed by atoms with E-state index in [0.29, 0.717) is 11.5 Å². The molecule has 8 heteroatoms. The molecule has 94 valence electrons. The van der Waals surface area contributed by atoms with Gasteiger partial charge in [-0.25, -0.2) is 14.6 Å². The summed E-state index contributed by atoms with van der Waals surface area (Å²) in [6.07, 6.45) is 1.29. The Balaban J connectivity index is 2.44. The Bertz CT molecular complexity index is 637. The molecular weight excluding hydrogens is 280 g/mol. The molecule has 2 heterocycles. The van der Waals surface area contributed by atoms with Crippen molar-refractivity contribution < 1.29 is 13.9 Å². The number of carbonyl (C=O) groups is 1. The van der Waals surface area contributed by atoms with Crippen LogP contribution in [0.4, 0.5) is 0 Å². The van der Waals surface area contributed by atoms with Crippen LogP contribution in [-0.4, -0.2) is 21.9 Å². The highest BCUT2D eigenvalue weighted by Gasteiger charge is 2.15. The molecule has 18 heavy (non-hydrogen) atoms. The molecule has 0 aromatic carbocycles. The van der Waals surface area contributed by atoms with Crippen LogP contribution in [0.25, 0.3) is 11.5 Å².